The van der Waals surface area contributed by atoms with Gasteiger partial charge in [-0.05, 0) is 88.8 Å². The van der Waals surface area contributed by atoms with Crippen LogP contribution in [0.1, 0.15) is 127 Å². The van der Waals surface area contributed by atoms with E-state index in [1.54, 1.807) is 18.2 Å². The summed E-state index contributed by atoms with van der Waals surface area (Å²) in [6.45, 7) is 10.1. The van der Waals surface area contributed by atoms with Crippen molar-refractivity contribution in [3.05, 3.63) is 45.3 Å². The normalized spacial score (nSPS) is 20.0. The number of halogens is 2. The van der Waals surface area contributed by atoms with Crippen molar-refractivity contribution in [1.82, 2.24) is 5.16 Å². The summed E-state index contributed by atoms with van der Waals surface area (Å²) in [4.78, 5) is 26.1. The molecular formula is C31H42Cl2N2O4. The van der Waals surface area contributed by atoms with Gasteiger partial charge in [-0.1, -0.05) is 55.0 Å². The molecule has 2 saturated carbocycles. The van der Waals surface area contributed by atoms with E-state index in [-0.39, 0.29) is 24.7 Å². The summed E-state index contributed by atoms with van der Waals surface area (Å²) < 4.78 is 11.7. The molecule has 4 rings (SSSR count). The molecule has 2 aromatic rings. The summed E-state index contributed by atoms with van der Waals surface area (Å²) in [6, 6.07) is 4.93. The summed E-state index contributed by atoms with van der Waals surface area (Å²) in [5.41, 5.74) is 1.72. The summed E-state index contributed by atoms with van der Waals surface area (Å²) in [5, 5.41) is 8.25. The highest BCUT2D eigenvalue weighted by Crippen LogP contribution is 2.53. The Morgan fingerprint density at radius 1 is 1.10 bits per heavy atom. The molecule has 1 heterocycles. The highest BCUT2D eigenvalue weighted by Gasteiger charge is 2.42. The number of amides is 1. The van der Waals surface area contributed by atoms with Gasteiger partial charge in [0.25, 0.3) is 0 Å². The third-order valence-corrected chi connectivity index (χ3v) is 8.60. The lowest BCUT2D eigenvalue weighted by atomic mass is 9.68. The smallest absolute Gasteiger partial charge is 0.307 e. The third kappa shape index (κ3) is 8.00. The molecule has 1 aromatic heterocycles. The van der Waals surface area contributed by atoms with Crippen molar-refractivity contribution >= 4 is 40.8 Å². The van der Waals surface area contributed by atoms with Crippen LogP contribution in [0.5, 0.6) is 0 Å². The van der Waals surface area contributed by atoms with Gasteiger partial charge in [-0.3, -0.25) is 9.59 Å². The summed E-state index contributed by atoms with van der Waals surface area (Å²) in [5.74, 6) is 2.17. The molecule has 0 bridgehead atoms. The van der Waals surface area contributed by atoms with Gasteiger partial charge in [-0.25, -0.2) is 0 Å². The number of anilines is 1. The highest BCUT2D eigenvalue weighted by molar-refractivity contribution is 6.36. The van der Waals surface area contributed by atoms with Crippen LogP contribution in [0.15, 0.2) is 22.7 Å². The highest BCUT2D eigenvalue weighted by atomic mass is 35.5. The average molecular weight is 578 g/mol. The van der Waals surface area contributed by atoms with Gasteiger partial charge in [0.1, 0.15) is 11.4 Å². The number of hydrogen-bond donors (Lipinski definition) is 1. The maximum Gasteiger partial charge on any atom is 0.307 e. The quantitative estimate of drug-likeness (QED) is 0.255. The molecular weight excluding hydrogens is 535 g/mol. The Labute approximate surface area is 242 Å². The Balaban J connectivity index is 1.54. The lowest BCUT2D eigenvalue weighted by Gasteiger charge is -2.36. The van der Waals surface area contributed by atoms with Crippen LogP contribution >= 0.6 is 23.2 Å². The van der Waals surface area contributed by atoms with Gasteiger partial charge in [0.15, 0.2) is 0 Å². The molecule has 39 heavy (non-hydrogen) atoms. The molecule has 214 valence electrons. The SMILES string of the molecule is CCC(CC)CC1CC(c2onc(C(CC(=O)Nc3ccc(Cl)cc3Cl)CC(=O)OC(C)(C)C)c2C2CC2)C1. The van der Waals surface area contributed by atoms with Gasteiger partial charge in [0.05, 0.1) is 22.8 Å². The van der Waals surface area contributed by atoms with E-state index in [1.165, 1.54) is 19.3 Å². The van der Waals surface area contributed by atoms with Crippen LogP contribution in [0.4, 0.5) is 5.69 Å². The third-order valence-electron chi connectivity index (χ3n) is 8.05. The molecule has 1 aromatic carbocycles. The second-order valence-electron chi connectivity index (χ2n) is 12.4. The van der Waals surface area contributed by atoms with E-state index in [4.69, 9.17) is 32.5 Å². The van der Waals surface area contributed by atoms with Crippen LogP contribution in [-0.4, -0.2) is 22.6 Å². The van der Waals surface area contributed by atoms with E-state index >= 15 is 0 Å². The summed E-state index contributed by atoms with van der Waals surface area (Å²) in [7, 11) is 0. The molecule has 2 aliphatic rings. The van der Waals surface area contributed by atoms with E-state index in [2.05, 4.69) is 24.3 Å². The molecule has 0 saturated heterocycles. The Morgan fingerprint density at radius 3 is 2.38 bits per heavy atom. The van der Waals surface area contributed by atoms with Gasteiger partial charge >= 0.3 is 5.97 Å². The molecule has 1 N–H and O–H groups in total. The van der Waals surface area contributed by atoms with Gasteiger partial charge in [-0.15, -0.1) is 0 Å². The second kappa shape index (κ2) is 12.6. The summed E-state index contributed by atoms with van der Waals surface area (Å²) >= 11 is 12.3. The van der Waals surface area contributed by atoms with E-state index in [9.17, 15) is 9.59 Å². The first-order valence-corrected chi connectivity index (χ1v) is 15.2. The number of carbonyl (C=O) groups excluding carboxylic acids is 2. The van der Waals surface area contributed by atoms with Crippen molar-refractivity contribution in [3.63, 3.8) is 0 Å². The number of nitrogens with zero attached hydrogens (tertiary/aromatic N) is 1. The lowest BCUT2D eigenvalue weighted by molar-refractivity contribution is -0.155. The first-order chi connectivity index (χ1) is 18.5. The largest absolute Gasteiger partial charge is 0.460 e. The molecule has 1 atom stereocenters. The molecule has 1 amide bonds. The average Bonchev–Trinajstić information content (AvgIpc) is 3.57. The number of rotatable bonds is 12. The van der Waals surface area contributed by atoms with Gasteiger partial charge in [0, 0.05) is 28.8 Å². The first kappa shape index (κ1) is 29.9. The molecule has 2 aliphatic carbocycles. The monoisotopic (exact) mass is 576 g/mol. The fourth-order valence-electron chi connectivity index (χ4n) is 5.80. The minimum absolute atomic E-state index is 0.0483. The van der Waals surface area contributed by atoms with E-state index in [1.807, 2.05) is 20.8 Å². The fourth-order valence-corrected chi connectivity index (χ4v) is 6.25. The number of hydrogen-bond acceptors (Lipinski definition) is 5. The zero-order chi connectivity index (χ0) is 28.3. The van der Waals surface area contributed by atoms with Crippen molar-refractivity contribution in [2.45, 2.75) is 116 Å². The number of carbonyl (C=O) groups is 2. The van der Waals surface area contributed by atoms with Crippen molar-refractivity contribution in [2.24, 2.45) is 11.8 Å². The second-order valence-corrected chi connectivity index (χ2v) is 13.3. The standard InChI is InChI=1S/C31H42Cl2N2O4/c1-6-18(7-2)12-19-13-22(14-19)30-28(20-8-9-20)29(35-39-30)21(16-27(37)38-31(3,4)5)15-26(36)34-25-11-10-23(32)17-24(25)33/h10-11,17-22H,6-9,12-16H2,1-5H3,(H,34,36). The van der Waals surface area contributed by atoms with E-state index < -0.39 is 11.5 Å². The number of aromatic nitrogens is 1. The van der Waals surface area contributed by atoms with Gasteiger partial charge in [-0.2, -0.15) is 0 Å². The topological polar surface area (TPSA) is 81.4 Å². The molecule has 0 spiro atoms. The number of esters is 1. The molecule has 6 nitrogen and oxygen atoms in total. The van der Waals surface area contributed by atoms with Gasteiger partial charge < -0.3 is 14.6 Å². The van der Waals surface area contributed by atoms with Crippen LogP contribution in [-0.2, 0) is 14.3 Å². The number of benzene rings is 1. The maximum atomic E-state index is 13.2. The Morgan fingerprint density at radius 2 is 1.79 bits per heavy atom. The first-order valence-electron chi connectivity index (χ1n) is 14.4. The molecule has 0 radical (unpaired) electrons. The Hall–Kier alpha value is -2.05. The minimum Gasteiger partial charge on any atom is -0.460 e. The van der Waals surface area contributed by atoms with E-state index in [0.717, 1.165) is 54.5 Å². The molecule has 8 heteroatoms. The van der Waals surface area contributed by atoms with Crippen LogP contribution in [0.25, 0.3) is 0 Å². The van der Waals surface area contributed by atoms with Crippen molar-refractivity contribution < 1.29 is 18.8 Å². The van der Waals surface area contributed by atoms with Crippen molar-refractivity contribution in [2.75, 3.05) is 5.32 Å². The van der Waals surface area contributed by atoms with Crippen LogP contribution in [0, 0.1) is 11.8 Å². The van der Waals surface area contributed by atoms with E-state index in [0.29, 0.717) is 27.6 Å². The zero-order valence-electron chi connectivity index (χ0n) is 23.8. The predicted molar refractivity (Wildman–Crippen MR) is 156 cm³/mol. The summed E-state index contributed by atoms with van der Waals surface area (Å²) in [6.07, 6.45) is 8.25. The van der Waals surface area contributed by atoms with Crippen LogP contribution < -0.4 is 5.32 Å². The fraction of sp³-hybridized carbons (Fsp3) is 0.645. The van der Waals surface area contributed by atoms with Crippen LogP contribution in [0.3, 0.4) is 0 Å². The Kier molecular flexibility index (Phi) is 9.69. The minimum atomic E-state index is -0.620. The zero-order valence-corrected chi connectivity index (χ0v) is 25.3. The number of ether oxygens (including phenoxy) is 1. The van der Waals surface area contributed by atoms with Gasteiger partial charge in [0.2, 0.25) is 5.91 Å². The predicted octanol–water partition coefficient (Wildman–Crippen LogP) is 9.02. The molecule has 2 fully saturated rings. The lowest BCUT2D eigenvalue weighted by Crippen LogP contribution is -2.26. The number of nitrogens with one attached hydrogen (secondary N) is 1. The molecule has 0 aliphatic heterocycles. The molecule has 1 unspecified atom stereocenters. The van der Waals surface area contributed by atoms with Crippen molar-refractivity contribution in [1.29, 1.82) is 0 Å². The Bertz CT molecular complexity index is 1160. The van der Waals surface area contributed by atoms with Crippen LogP contribution in [0.2, 0.25) is 10.0 Å². The van der Waals surface area contributed by atoms with Crippen molar-refractivity contribution in [3.8, 4) is 0 Å². The maximum absolute atomic E-state index is 13.2.